The molecule has 94 valence electrons. The SMILES string of the molecule is CCN1CC(C)(Oc2c(F)ccc(F)c2F)C1. The van der Waals surface area contributed by atoms with Gasteiger partial charge >= 0.3 is 0 Å². The van der Waals surface area contributed by atoms with Crippen molar-refractivity contribution >= 4 is 0 Å². The van der Waals surface area contributed by atoms with E-state index in [0.29, 0.717) is 13.1 Å². The topological polar surface area (TPSA) is 12.5 Å². The van der Waals surface area contributed by atoms with Gasteiger partial charge < -0.3 is 4.74 Å². The first-order valence-electron chi connectivity index (χ1n) is 5.50. The van der Waals surface area contributed by atoms with Crippen molar-refractivity contribution in [2.24, 2.45) is 0 Å². The van der Waals surface area contributed by atoms with Crippen LogP contribution in [0.15, 0.2) is 12.1 Å². The number of likely N-dealkylation sites (N-methyl/N-ethyl adjacent to an activating group) is 1. The van der Waals surface area contributed by atoms with E-state index in [0.717, 1.165) is 18.7 Å². The highest BCUT2D eigenvalue weighted by atomic mass is 19.2. The molecule has 0 spiro atoms. The minimum atomic E-state index is -1.26. The highest BCUT2D eigenvalue weighted by molar-refractivity contribution is 5.28. The Labute approximate surface area is 98.0 Å². The first-order chi connectivity index (χ1) is 7.95. The van der Waals surface area contributed by atoms with Gasteiger partial charge in [0, 0.05) is 13.1 Å². The van der Waals surface area contributed by atoms with Crippen molar-refractivity contribution in [2.45, 2.75) is 19.4 Å². The van der Waals surface area contributed by atoms with Crippen LogP contribution in [0.1, 0.15) is 13.8 Å². The average molecular weight is 245 g/mol. The number of nitrogens with zero attached hydrogens (tertiary/aromatic N) is 1. The quantitative estimate of drug-likeness (QED) is 0.759. The zero-order chi connectivity index (χ0) is 12.6. The van der Waals surface area contributed by atoms with Crippen molar-refractivity contribution in [1.82, 2.24) is 4.90 Å². The summed E-state index contributed by atoms with van der Waals surface area (Å²) >= 11 is 0. The van der Waals surface area contributed by atoms with Crippen molar-refractivity contribution in [3.05, 3.63) is 29.6 Å². The second-order valence-electron chi connectivity index (χ2n) is 4.53. The third kappa shape index (κ3) is 2.24. The maximum atomic E-state index is 13.4. The number of likely N-dealkylation sites (tertiary alicyclic amines) is 1. The smallest absolute Gasteiger partial charge is 0.203 e. The molecular formula is C12H14F3NO. The van der Waals surface area contributed by atoms with Gasteiger partial charge in [0.05, 0.1) is 0 Å². The van der Waals surface area contributed by atoms with E-state index in [9.17, 15) is 13.2 Å². The Hall–Kier alpha value is -1.23. The van der Waals surface area contributed by atoms with E-state index in [2.05, 4.69) is 4.90 Å². The molecule has 1 fully saturated rings. The van der Waals surface area contributed by atoms with Gasteiger partial charge in [-0.3, -0.25) is 4.90 Å². The van der Waals surface area contributed by atoms with E-state index in [1.54, 1.807) is 6.92 Å². The number of rotatable bonds is 3. The Balaban J connectivity index is 2.17. The summed E-state index contributed by atoms with van der Waals surface area (Å²) in [6, 6.07) is 1.62. The number of halogens is 3. The third-order valence-electron chi connectivity index (χ3n) is 2.91. The number of benzene rings is 1. The molecule has 2 nitrogen and oxygen atoms in total. The molecule has 0 bridgehead atoms. The number of ether oxygens (including phenoxy) is 1. The number of hydrogen-bond acceptors (Lipinski definition) is 2. The van der Waals surface area contributed by atoms with Gasteiger partial charge in [0.2, 0.25) is 5.82 Å². The van der Waals surface area contributed by atoms with Crippen molar-refractivity contribution < 1.29 is 17.9 Å². The zero-order valence-electron chi connectivity index (χ0n) is 9.77. The molecule has 0 saturated carbocycles. The van der Waals surface area contributed by atoms with E-state index >= 15 is 0 Å². The highest BCUT2D eigenvalue weighted by Crippen LogP contribution is 2.31. The molecule has 0 atom stereocenters. The lowest BCUT2D eigenvalue weighted by Gasteiger charge is -2.47. The second-order valence-corrected chi connectivity index (χ2v) is 4.53. The van der Waals surface area contributed by atoms with Crippen molar-refractivity contribution in [1.29, 1.82) is 0 Å². The lowest BCUT2D eigenvalue weighted by Crippen LogP contribution is -2.63. The molecule has 1 aliphatic heterocycles. The largest absolute Gasteiger partial charge is 0.479 e. The lowest BCUT2D eigenvalue weighted by molar-refractivity contribution is -0.0647. The number of hydrogen-bond donors (Lipinski definition) is 0. The first-order valence-corrected chi connectivity index (χ1v) is 5.50. The molecule has 0 radical (unpaired) electrons. The van der Waals surface area contributed by atoms with Crippen molar-refractivity contribution in [3.8, 4) is 5.75 Å². The van der Waals surface area contributed by atoms with Crippen LogP contribution in [-0.2, 0) is 0 Å². The maximum Gasteiger partial charge on any atom is 0.203 e. The van der Waals surface area contributed by atoms with Crippen LogP contribution >= 0.6 is 0 Å². The van der Waals surface area contributed by atoms with Gasteiger partial charge in [-0.2, -0.15) is 4.39 Å². The van der Waals surface area contributed by atoms with Crippen LogP contribution < -0.4 is 4.74 Å². The first kappa shape index (κ1) is 12.2. The second kappa shape index (κ2) is 4.22. The fraction of sp³-hybridized carbons (Fsp3) is 0.500. The van der Waals surface area contributed by atoms with Crippen molar-refractivity contribution in [3.63, 3.8) is 0 Å². The molecule has 2 rings (SSSR count). The lowest BCUT2D eigenvalue weighted by atomic mass is 9.96. The summed E-state index contributed by atoms with van der Waals surface area (Å²) in [5.41, 5.74) is -0.647. The Kier molecular flexibility index (Phi) is 3.03. The summed E-state index contributed by atoms with van der Waals surface area (Å²) in [5, 5.41) is 0. The molecule has 1 heterocycles. The van der Waals surface area contributed by atoms with Crippen LogP contribution in [0, 0.1) is 17.5 Å². The molecule has 17 heavy (non-hydrogen) atoms. The van der Waals surface area contributed by atoms with Gasteiger partial charge in [-0.05, 0) is 25.6 Å². The van der Waals surface area contributed by atoms with Gasteiger partial charge in [-0.25, -0.2) is 8.78 Å². The van der Waals surface area contributed by atoms with Crippen LogP contribution in [0.2, 0.25) is 0 Å². The summed E-state index contributed by atoms with van der Waals surface area (Å²) in [5.74, 6) is -3.86. The molecule has 0 N–H and O–H groups in total. The predicted octanol–water partition coefficient (Wildman–Crippen LogP) is 2.58. The molecule has 0 unspecified atom stereocenters. The molecular weight excluding hydrogens is 231 g/mol. The third-order valence-corrected chi connectivity index (χ3v) is 2.91. The van der Waals surface area contributed by atoms with Gasteiger partial charge in [0.1, 0.15) is 5.60 Å². The van der Waals surface area contributed by atoms with Crippen LogP contribution in [0.3, 0.4) is 0 Å². The van der Waals surface area contributed by atoms with E-state index < -0.39 is 28.8 Å². The molecule has 0 aromatic heterocycles. The zero-order valence-corrected chi connectivity index (χ0v) is 9.77. The molecule has 1 saturated heterocycles. The van der Waals surface area contributed by atoms with Crippen molar-refractivity contribution in [2.75, 3.05) is 19.6 Å². The normalized spacial score (nSPS) is 18.9. The molecule has 1 aromatic rings. The summed E-state index contributed by atoms with van der Waals surface area (Å²) < 4.78 is 45.0. The highest BCUT2D eigenvalue weighted by Gasteiger charge is 2.41. The van der Waals surface area contributed by atoms with Gasteiger partial charge in [-0.1, -0.05) is 6.92 Å². The Morgan fingerprint density at radius 1 is 1.24 bits per heavy atom. The van der Waals surface area contributed by atoms with Crippen LogP contribution in [-0.4, -0.2) is 30.1 Å². The van der Waals surface area contributed by atoms with Crippen LogP contribution in [0.4, 0.5) is 13.2 Å². The molecule has 1 aliphatic rings. The van der Waals surface area contributed by atoms with E-state index in [-0.39, 0.29) is 0 Å². The summed E-state index contributed by atoms with van der Waals surface area (Å²) in [6.45, 7) is 5.76. The molecule has 5 heteroatoms. The Bertz CT molecular complexity index is 430. The molecule has 0 amide bonds. The van der Waals surface area contributed by atoms with E-state index in [1.165, 1.54) is 0 Å². The fourth-order valence-corrected chi connectivity index (χ4v) is 2.04. The average Bonchev–Trinajstić information content (AvgIpc) is 2.26. The van der Waals surface area contributed by atoms with E-state index in [4.69, 9.17) is 4.74 Å². The van der Waals surface area contributed by atoms with Gasteiger partial charge in [-0.15, -0.1) is 0 Å². The standard InChI is InChI=1S/C12H14F3NO/c1-3-16-6-12(2,7-16)17-11-9(14)5-4-8(13)10(11)15/h4-5H,3,6-7H2,1-2H3. The summed E-state index contributed by atoms with van der Waals surface area (Å²) in [4.78, 5) is 2.06. The monoisotopic (exact) mass is 245 g/mol. The van der Waals surface area contributed by atoms with Gasteiger partial charge in [0.15, 0.2) is 17.4 Å². The summed E-state index contributed by atoms with van der Waals surface area (Å²) in [6.07, 6.45) is 0. The van der Waals surface area contributed by atoms with E-state index in [1.807, 2.05) is 6.92 Å². The maximum absolute atomic E-state index is 13.4. The predicted molar refractivity (Wildman–Crippen MR) is 57.5 cm³/mol. The minimum Gasteiger partial charge on any atom is -0.479 e. The van der Waals surface area contributed by atoms with Crippen LogP contribution in [0.25, 0.3) is 0 Å². The molecule has 0 aliphatic carbocycles. The Morgan fingerprint density at radius 3 is 2.41 bits per heavy atom. The molecule has 1 aromatic carbocycles. The van der Waals surface area contributed by atoms with Crippen LogP contribution in [0.5, 0.6) is 5.75 Å². The fourth-order valence-electron chi connectivity index (χ4n) is 2.04. The van der Waals surface area contributed by atoms with Gasteiger partial charge in [0.25, 0.3) is 0 Å². The minimum absolute atomic E-state index is 0.582. The summed E-state index contributed by atoms with van der Waals surface area (Å²) in [7, 11) is 0. The Morgan fingerprint density at radius 2 is 1.82 bits per heavy atom.